The predicted octanol–water partition coefficient (Wildman–Crippen LogP) is 3.03. The van der Waals surface area contributed by atoms with Crippen LogP contribution < -0.4 is 10.5 Å². The largest absolute Gasteiger partial charge is 0.398 e. The Bertz CT molecular complexity index is 567. The normalized spacial score (nSPS) is 23.7. The Morgan fingerprint density at radius 2 is 1.95 bits per heavy atom. The van der Waals surface area contributed by atoms with Gasteiger partial charge in [0, 0.05) is 11.6 Å². The predicted molar refractivity (Wildman–Crippen MR) is 82.2 cm³/mol. The van der Waals surface area contributed by atoms with E-state index in [2.05, 4.69) is 11.6 Å². The lowest BCUT2D eigenvalue weighted by atomic mass is 9.83. The molecule has 0 spiro atoms. The van der Waals surface area contributed by atoms with Gasteiger partial charge in [0.1, 0.15) is 4.90 Å². The molecule has 1 fully saturated rings. The zero-order valence-corrected chi connectivity index (χ0v) is 13.2. The van der Waals surface area contributed by atoms with E-state index in [0.717, 1.165) is 18.8 Å². The first kappa shape index (κ1) is 15.6. The molecule has 0 amide bonds. The van der Waals surface area contributed by atoms with E-state index in [-0.39, 0.29) is 10.6 Å². The molecule has 0 unspecified atom stereocenters. The van der Waals surface area contributed by atoms with E-state index in [4.69, 9.17) is 17.3 Å². The van der Waals surface area contributed by atoms with Gasteiger partial charge in [-0.2, -0.15) is 0 Å². The molecule has 112 valence electrons. The van der Waals surface area contributed by atoms with E-state index in [1.54, 1.807) is 0 Å². The highest BCUT2D eigenvalue weighted by Gasteiger charge is 2.22. The van der Waals surface area contributed by atoms with E-state index in [1.165, 1.54) is 31.0 Å². The smallest absolute Gasteiger partial charge is 0.242 e. The van der Waals surface area contributed by atoms with Gasteiger partial charge in [-0.1, -0.05) is 31.4 Å². The molecule has 6 heteroatoms. The Morgan fingerprint density at radius 1 is 1.30 bits per heavy atom. The number of rotatable bonds is 4. The molecule has 0 saturated heterocycles. The van der Waals surface area contributed by atoms with Crippen molar-refractivity contribution in [3.63, 3.8) is 0 Å². The summed E-state index contributed by atoms with van der Waals surface area (Å²) in [6.45, 7) is 2.73. The molecular weight excluding hydrogens is 296 g/mol. The fraction of sp³-hybridized carbons (Fsp3) is 0.571. The Labute approximate surface area is 125 Å². The second kappa shape index (κ2) is 6.33. The van der Waals surface area contributed by atoms with Gasteiger partial charge in [0.25, 0.3) is 0 Å². The van der Waals surface area contributed by atoms with Crippen LogP contribution in [0.2, 0.25) is 5.02 Å². The highest BCUT2D eigenvalue weighted by atomic mass is 35.5. The van der Waals surface area contributed by atoms with Gasteiger partial charge in [-0.05, 0) is 42.9 Å². The molecule has 1 aliphatic carbocycles. The quantitative estimate of drug-likeness (QED) is 0.839. The molecular formula is C14H21ClN2O2S. The average molecular weight is 317 g/mol. The molecule has 20 heavy (non-hydrogen) atoms. The van der Waals surface area contributed by atoms with Crippen molar-refractivity contribution in [2.45, 2.75) is 37.5 Å². The van der Waals surface area contributed by atoms with Crippen LogP contribution in [0.4, 0.5) is 5.69 Å². The van der Waals surface area contributed by atoms with Crippen LogP contribution in [0, 0.1) is 11.8 Å². The molecule has 1 aromatic rings. The molecule has 1 aromatic carbocycles. The number of nitrogens with two attached hydrogens (primary N) is 1. The first-order valence-electron chi connectivity index (χ1n) is 6.93. The summed E-state index contributed by atoms with van der Waals surface area (Å²) >= 11 is 5.78. The summed E-state index contributed by atoms with van der Waals surface area (Å²) in [4.78, 5) is 0.103. The number of nitrogen functional groups attached to an aromatic ring is 1. The maximum Gasteiger partial charge on any atom is 0.242 e. The zero-order valence-electron chi connectivity index (χ0n) is 11.6. The van der Waals surface area contributed by atoms with Crippen LogP contribution >= 0.6 is 11.6 Å². The molecule has 0 aliphatic heterocycles. The van der Waals surface area contributed by atoms with Crippen LogP contribution in [0.15, 0.2) is 23.1 Å². The Balaban J connectivity index is 2.00. The van der Waals surface area contributed by atoms with Crippen molar-refractivity contribution in [1.82, 2.24) is 4.72 Å². The topological polar surface area (TPSA) is 72.2 Å². The van der Waals surface area contributed by atoms with Gasteiger partial charge in [0.15, 0.2) is 0 Å². The number of nitrogens with one attached hydrogen (secondary N) is 1. The third-order valence-corrected chi connectivity index (χ3v) is 5.69. The SMILES string of the molecule is CC1CCC(CNS(=O)(=O)c2ccc(Cl)cc2N)CC1. The average Bonchev–Trinajstić information content (AvgIpc) is 2.37. The second-order valence-corrected chi connectivity index (χ2v) is 7.83. The molecule has 1 aliphatic rings. The van der Waals surface area contributed by atoms with Crippen LogP contribution in [0.5, 0.6) is 0 Å². The fourth-order valence-electron chi connectivity index (χ4n) is 2.60. The van der Waals surface area contributed by atoms with E-state index in [9.17, 15) is 8.42 Å². The van der Waals surface area contributed by atoms with Gasteiger partial charge >= 0.3 is 0 Å². The van der Waals surface area contributed by atoms with Gasteiger partial charge in [-0.3, -0.25) is 0 Å². The first-order valence-corrected chi connectivity index (χ1v) is 8.79. The molecule has 0 atom stereocenters. The highest BCUT2D eigenvalue weighted by Crippen LogP contribution is 2.28. The molecule has 0 aromatic heterocycles. The van der Waals surface area contributed by atoms with Crippen LogP contribution in [-0.4, -0.2) is 15.0 Å². The van der Waals surface area contributed by atoms with Gasteiger partial charge in [-0.15, -0.1) is 0 Å². The number of hydrogen-bond donors (Lipinski definition) is 2. The van der Waals surface area contributed by atoms with Crippen molar-refractivity contribution in [3.8, 4) is 0 Å². The van der Waals surface area contributed by atoms with E-state index < -0.39 is 10.0 Å². The maximum atomic E-state index is 12.2. The van der Waals surface area contributed by atoms with Crippen LogP contribution in [-0.2, 0) is 10.0 Å². The molecule has 4 nitrogen and oxygen atoms in total. The van der Waals surface area contributed by atoms with Crippen molar-refractivity contribution in [2.24, 2.45) is 11.8 Å². The van der Waals surface area contributed by atoms with Crippen LogP contribution in [0.25, 0.3) is 0 Å². The number of sulfonamides is 1. The summed E-state index contributed by atoms with van der Waals surface area (Å²) in [5.74, 6) is 1.18. The second-order valence-electron chi connectivity index (χ2n) is 5.66. The maximum absolute atomic E-state index is 12.2. The van der Waals surface area contributed by atoms with E-state index >= 15 is 0 Å². The van der Waals surface area contributed by atoms with Crippen LogP contribution in [0.3, 0.4) is 0 Å². The van der Waals surface area contributed by atoms with Crippen molar-refractivity contribution in [2.75, 3.05) is 12.3 Å². The van der Waals surface area contributed by atoms with Gasteiger partial charge < -0.3 is 5.73 Å². The number of anilines is 1. The monoisotopic (exact) mass is 316 g/mol. The highest BCUT2D eigenvalue weighted by molar-refractivity contribution is 7.89. The van der Waals surface area contributed by atoms with Gasteiger partial charge in [-0.25, -0.2) is 13.1 Å². The lowest BCUT2D eigenvalue weighted by molar-refractivity contribution is 0.290. The summed E-state index contributed by atoms with van der Waals surface area (Å²) in [6.07, 6.45) is 4.52. The Morgan fingerprint density at radius 3 is 2.55 bits per heavy atom. The standard InChI is InChI=1S/C14H21ClN2O2S/c1-10-2-4-11(5-3-10)9-17-20(18,19)14-7-6-12(15)8-13(14)16/h6-8,10-11,17H,2-5,9,16H2,1H3. The lowest BCUT2D eigenvalue weighted by Crippen LogP contribution is -2.31. The summed E-state index contributed by atoms with van der Waals surface area (Å²) in [5.41, 5.74) is 5.91. The van der Waals surface area contributed by atoms with Crippen molar-refractivity contribution < 1.29 is 8.42 Å². The summed E-state index contributed by atoms with van der Waals surface area (Å²) in [7, 11) is -3.55. The zero-order chi connectivity index (χ0) is 14.8. The molecule has 0 bridgehead atoms. The minimum Gasteiger partial charge on any atom is -0.398 e. The number of benzene rings is 1. The van der Waals surface area contributed by atoms with Crippen molar-refractivity contribution in [3.05, 3.63) is 23.2 Å². The van der Waals surface area contributed by atoms with E-state index in [0.29, 0.717) is 17.5 Å². The van der Waals surface area contributed by atoms with E-state index in [1.807, 2.05) is 0 Å². The van der Waals surface area contributed by atoms with Crippen molar-refractivity contribution in [1.29, 1.82) is 0 Å². The molecule has 0 radical (unpaired) electrons. The number of halogens is 1. The lowest BCUT2D eigenvalue weighted by Gasteiger charge is -2.26. The summed E-state index contributed by atoms with van der Waals surface area (Å²) in [6, 6.07) is 4.44. The third-order valence-electron chi connectivity index (χ3n) is 3.96. The third kappa shape index (κ3) is 3.87. The Hall–Kier alpha value is -0.780. The van der Waals surface area contributed by atoms with Crippen LogP contribution in [0.1, 0.15) is 32.6 Å². The van der Waals surface area contributed by atoms with Gasteiger partial charge in [0.2, 0.25) is 10.0 Å². The van der Waals surface area contributed by atoms with Gasteiger partial charge in [0.05, 0.1) is 5.69 Å². The molecule has 0 heterocycles. The minimum absolute atomic E-state index is 0.103. The summed E-state index contributed by atoms with van der Waals surface area (Å²) in [5, 5.41) is 0.433. The molecule has 2 rings (SSSR count). The Kier molecular flexibility index (Phi) is 4.94. The summed E-state index contributed by atoms with van der Waals surface area (Å²) < 4.78 is 27.1. The molecule has 1 saturated carbocycles. The minimum atomic E-state index is -3.55. The van der Waals surface area contributed by atoms with Crippen molar-refractivity contribution >= 4 is 27.3 Å². The first-order chi connectivity index (χ1) is 9.38. The fourth-order valence-corrected chi connectivity index (χ4v) is 4.01. The molecule has 3 N–H and O–H groups in total. The number of hydrogen-bond acceptors (Lipinski definition) is 3.